The Morgan fingerprint density at radius 2 is 1.48 bits per heavy atom. The van der Waals surface area contributed by atoms with E-state index in [1.54, 1.807) is 0 Å². The van der Waals surface area contributed by atoms with E-state index in [1.807, 2.05) is 37.4 Å². The van der Waals surface area contributed by atoms with Crippen LogP contribution in [0.5, 0.6) is 23.0 Å². The summed E-state index contributed by atoms with van der Waals surface area (Å²) in [5, 5.41) is 55.8. The number of carboxylic acid groups (broad SMARTS) is 1. The number of anilines is 1. The fraction of sp³-hybridized carbons (Fsp3) is 0.216. The summed E-state index contributed by atoms with van der Waals surface area (Å²) in [5.41, 5.74) is -0.681. The normalized spacial score (nSPS) is 15.8. The van der Waals surface area contributed by atoms with Crippen LogP contribution in [-0.4, -0.2) is 86.5 Å². The van der Waals surface area contributed by atoms with Crippen molar-refractivity contribution in [2.45, 2.75) is 25.3 Å². The molecular formula is C37H37N3O10. The fourth-order valence-corrected chi connectivity index (χ4v) is 5.72. The summed E-state index contributed by atoms with van der Waals surface area (Å²) in [5.74, 6) is -5.82. The molecule has 1 fully saturated rings. The second-order valence-electron chi connectivity index (χ2n) is 11.8. The Morgan fingerprint density at radius 1 is 0.820 bits per heavy atom. The first-order chi connectivity index (χ1) is 23.9. The molecule has 0 aliphatic carbocycles. The summed E-state index contributed by atoms with van der Waals surface area (Å²) in [4.78, 5) is 62.8. The van der Waals surface area contributed by atoms with Crippen molar-refractivity contribution in [1.29, 1.82) is 0 Å². The second kappa shape index (κ2) is 16.8. The molecule has 0 radical (unpaired) electrons. The number of likely N-dealkylation sites (N-methyl/N-ethyl adjacent to an activating group) is 1. The van der Waals surface area contributed by atoms with Gasteiger partial charge in [0.2, 0.25) is 12.2 Å². The van der Waals surface area contributed by atoms with Crippen LogP contribution in [-0.2, 0) is 4.79 Å². The molecule has 1 saturated heterocycles. The van der Waals surface area contributed by atoms with Crippen molar-refractivity contribution >= 4 is 35.5 Å². The van der Waals surface area contributed by atoms with Gasteiger partial charge in [0.1, 0.15) is 28.6 Å². The monoisotopic (exact) mass is 683 g/mol. The number of aromatic hydroxyl groups is 4. The Kier molecular flexibility index (Phi) is 12.3. The van der Waals surface area contributed by atoms with Gasteiger partial charge in [0, 0.05) is 35.8 Å². The van der Waals surface area contributed by atoms with Crippen molar-refractivity contribution < 1.29 is 49.5 Å². The predicted molar refractivity (Wildman–Crippen MR) is 183 cm³/mol. The Labute approximate surface area is 287 Å². The van der Waals surface area contributed by atoms with E-state index in [0.29, 0.717) is 24.9 Å². The van der Waals surface area contributed by atoms with Gasteiger partial charge >= 0.3 is 5.97 Å². The third-order valence-corrected chi connectivity index (χ3v) is 8.23. The lowest BCUT2D eigenvalue weighted by Gasteiger charge is -2.28. The van der Waals surface area contributed by atoms with Gasteiger partial charge in [-0.25, -0.2) is 4.79 Å². The number of phenols is 4. The lowest BCUT2D eigenvalue weighted by atomic mass is 9.87. The largest absolute Gasteiger partial charge is 0.508 e. The number of hydrogen-bond acceptors (Lipinski definition) is 10. The van der Waals surface area contributed by atoms with Crippen LogP contribution in [0.4, 0.5) is 5.69 Å². The highest BCUT2D eigenvalue weighted by Gasteiger charge is 2.31. The van der Waals surface area contributed by atoms with Gasteiger partial charge < -0.3 is 41.1 Å². The maximum Gasteiger partial charge on any atom is 0.336 e. The van der Waals surface area contributed by atoms with Crippen LogP contribution in [0.25, 0.3) is 0 Å². The van der Waals surface area contributed by atoms with E-state index in [9.17, 15) is 49.5 Å². The first kappa shape index (κ1) is 36.6. The standard InChI is InChI=1S/C30H30N2O9.C7H7NO/c1-32-11-3-4-17(21(15-32)31-29(39)16-7-9-19(33)10-8-16)12-23(35)18-13-24(36)27(25(37)14-18)28(38)26-20(30(40)41)5-2-6-22(26)34;9-6-8-7-4-2-1-3-5-7/h2,5-10,13-14,17,21,33-34,36-37H,3-4,11-12,15H2,1H3,(H,31,39)(H,40,41);1-6H,(H,8,9)/t17?,21-;/m1./s1. The summed E-state index contributed by atoms with van der Waals surface area (Å²) >= 11 is 0. The Morgan fingerprint density at radius 3 is 2.10 bits per heavy atom. The van der Waals surface area contributed by atoms with Crippen molar-refractivity contribution in [3.63, 3.8) is 0 Å². The molecule has 0 aromatic heterocycles. The molecule has 4 aromatic carbocycles. The maximum absolute atomic E-state index is 13.3. The number of carboxylic acids is 1. The van der Waals surface area contributed by atoms with E-state index in [0.717, 1.165) is 42.9 Å². The highest BCUT2D eigenvalue weighted by molar-refractivity contribution is 6.18. The number of amides is 2. The molecule has 13 heteroatoms. The number of likely N-dealkylation sites (tertiary alicyclic amines) is 1. The van der Waals surface area contributed by atoms with Crippen LogP contribution in [0.2, 0.25) is 0 Å². The minimum Gasteiger partial charge on any atom is -0.508 e. The Balaban J connectivity index is 0.000000541. The summed E-state index contributed by atoms with van der Waals surface area (Å²) in [6.45, 7) is 1.25. The SMILES string of the molecule is CN1CCCC(CC(=O)c2cc(O)c(C(=O)c3c(O)cccc3C(=O)O)c(O)c2)[C@H](NC(=O)c2ccc(O)cc2)C1.O=CNc1ccccc1. The number of benzene rings is 4. The van der Waals surface area contributed by atoms with Gasteiger partial charge in [-0.2, -0.15) is 0 Å². The lowest BCUT2D eigenvalue weighted by molar-refractivity contribution is -0.105. The van der Waals surface area contributed by atoms with Crippen LogP contribution in [0.3, 0.4) is 0 Å². The van der Waals surface area contributed by atoms with Gasteiger partial charge in [0.05, 0.1) is 11.1 Å². The minimum atomic E-state index is -1.49. The number of hydrogen-bond donors (Lipinski definition) is 7. The van der Waals surface area contributed by atoms with E-state index in [-0.39, 0.29) is 29.6 Å². The predicted octanol–water partition coefficient (Wildman–Crippen LogP) is 4.41. The molecule has 1 unspecified atom stereocenters. The summed E-state index contributed by atoms with van der Waals surface area (Å²) in [7, 11) is 1.91. The van der Waals surface area contributed by atoms with Crippen LogP contribution in [0.15, 0.2) is 84.9 Å². The molecule has 1 aliphatic rings. The van der Waals surface area contributed by atoms with Crippen LogP contribution in [0, 0.1) is 5.92 Å². The molecule has 50 heavy (non-hydrogen) atoms. The third kappa shape index (κ3) is 9.23. The zero-order chi connectivity index (χ0) is 36.4. The van der Waals surface area contributed by atoms with E-state index in [4.69, 9.17) is 0 Å². The molecule has 0 saturated carbocycles. The number of carbonyl (C=O) groups excluding carboxylic acids is 4. The number of para-hydroxylation sites is 1. The highest BCUT2D eigenvalue weighted by atomic mass is 16.4. The molecule has 0 spiro atoms. The molecule has 2 atom stereocenters. The first-order valence-electron chi connectivity index (χ1n) is 15.6. The molecule has 1 aliphatic heterocycles. The summed E-state index contributed by atoms with van der Waals surface area (Å²) < 4.78 is 0. The molecule has 5 rings (SSSR count). The summed E-state index contributed by atoms with van der Waals surface area (Å²) in [6, 6.07) is 20.2. The number of Topliss-reactive ketones (excluding diaryl/α,β-unsaturated/α-hetero) is 1. The maximum atomic E-state index is 13.3. The number of rotatable bonds is 10. The van der Waals surface area contributed by atoms with Crippen LogP contribution >= 0.6 is 0 Å². The van der Waals surface area contributed by atoms with E-state index in [1.165, 1.54) is 30.3 Å². The zero-order valence-electron chi connectivity index (χ0n) is 27.1. The van der Waals surface area contributed by atoms with Crippen molar-refractivity contribution in [3.8, 4) is 23.0 Å². The smallest absolute Gasteiger partial charge is 0.336 e. The van der Waals surface area contributed by atoms with E-state index >= 15 is 0 Å². The number of carbonyl (C=O) groups is 5. The minimum absolute atomic E-state index is 0.0246. The van der Waals surface area contributed by atoms with Crippen molar-refractivity contribution in [3.05, 3.63) is 113 Å². The Hall–Kier alpha value is -6.21. The molecule has 0 bridgehead atoms. The van der Waals surface area contributed by atoms with Gasteiger partial charge in [0.25, 0.3) is 5.91 Å². The van der Waals surface area contributed by atoms with Crippen molar-refractivity contribution in [2.75, 3.05) is 25.5 Å². The quantitative estimate of drug-likeness (QED) is 0.0919. The van der Waals surface area contributed by atoms with E-state index < -0.39 is 57.5 Å². The number of phenolic OH excluding ortho intramolecular Hbond substituents is 4. The molecule has 260 valence electrons. The van der Waals surface area contributed by atoms with Gasteiger partial charge in [-0.3, -0.25) is 19.2 Å². The second-order valence-corrected chi connectivity index (χ2v) is 11.8. The lowest BCUT2D eigenvalue weighted by Crippen LogP contribution is -2.46. The molecule has 13 nitrogen and oxygen atoms in total. The van der Waals surface area contributed by atoms with E-state index in [2.05, 4.69) is 15.5 Å². The molecule has 1 heterocycles. The number of ketones is 2. The number of aromatic carboxylic acids is 1. The zero-order valence-corrected chi connectivity index (χ0v) is 27.1. The van der Waals surface area contributed by atoms with Gasteiger partial charge in [-0.05, 0) is 93.0 Å². The first-order valence-corrected chi connectivity index (χ1v) is 15.6. The van der Waals surface area contributed by atoms with Crippen molar-refractivity contribution in [2.24, 2.45) is 5.92 Å². The molecule has 2 amide bonds. The number of nitrogens with one attached hydrogen (secondary N) is 2. The molecular weight excluding hydrogens is 646 g/mol. The molecule has 7 N–H and O–H groups in total. The average molecular weight is 684 g/mol. The number of nitrogens with zero attached hydrogens (tertiary/aromatic N) is 1. The summed E-state index contributed by atoms with van der Waals surface area (Å²) in [6.07, 6.45) is 2.03. The highest BCUT2D eigenvalue weighted by Crippen LogP contribution is 2.35. The Bertz CT molecular complexity index is 1840. The topological polar surface area (TPSA) is 214 Å². The molecule has 4 aromatic rings. The van der Waals surface area contributed by atoms with Crippen LogP contribution < -0.4 is 10.6 Å². The third-order valence-electron chi connectivity index (χ3n) is 8.23. The van der Waals surface area contributed by atoms with Crippen LogP contribution in [0.1, 0.15) is 66.3 Å². The average Bonchev–Trinajstić information content (AvgIpc) is 3.25. The van der Waals surface area contributed by atoms with Crippen molar-refractivity contribution in [1.82, 2.24) is 10.2 Å². The van der Waals surface area contributed by atoms with Gasteiger partial charge in [-0.1, -0.05) is 24.3 Å². The fourth-order valence-electron chi connectivity index (χ4n) is 5.72. The van der Waals surface area contributed by atoms with Gasteiger partial charge in [0.15, 0.2) is 5.78 Å². The van der Waals surface area contributed by atoms with Gasteiger partial charge in [-0.15, -0.1) is 0 Å².